The number of aromatic nitrogens is 3. The second-order valence-corrected chi connectivity index (χ2v) is 6.67. The molecule has 2 aromatic carbocycles. The maximum atomic E-state index is 14.1. The summed E-state index contributed by atoms with van der Waals surface area (Å²) >= 11 is 1.22. The lowest BCUT2D eigenvalue weighted by Crippen LogP contribution is -2.23. The van der Waals surface area contributed by atoms with E-state index < -0.39 is 5.82 Å². The van der Waals surface area contributed by atoms with Gasteiger partial charge in [0, 0.05) is 12.3 Å². The van der Waals surface area contributed by atoms with E-state index in [1.807, 2.05) is 24.3 Å². The molecule has 4 aromatic rings. The number of carbonyl (C=O) groups is 1. The number of H-pyrrole nitrogens is 1. The number of halogens is 1. The van der Waals surface area contributed by atoms with Gasteiger partial charge in [-0.1, -0.05) is 24.3 Å². The first-order valence-corrected chi connectivity index (χ1v) is 9.24. The minimum Gasteiger partial charge on any atom is -0.323 e. The van der Waals surface area contributed by atoms with Crippen LogP contribution in [0.3, 0.4) is 0 Å². The number of hydrogen-bond donors (Lipinski definition) is 2. The molecule has 0 saturated carbocycles. The van der Waals surface area contributed by atoms with Crippen molar-refractivity contribution in [2.24, 2.45) is 5.10 Å². The van der Waals surface area contributed by atoms with Gasteiger partial charge in [-0.25, -0.2) is 19.8 Å². The molecule has 0 aliphatic heterocycles. The van der Waals surface area contributed by atoms with Crippen LogP contribution in [0.4, 0.5) is 21.2 Å². The van der Waals surface area contributed by atoms with Gasteiger partial charge in [-0.2, -0.15) is 5.10 Å². The molecule has 0 saturated heterocycles. The average Bonchev–Trinajstić information content (AvgIpc) is 3.30. The maximum absolute atomic E-state index is 14.1. The first-order chi connectivity index (χ1) is 13.6. The first-order valence-electron chi connectivity index (χ1n) is 8.36. The quantitative estimate of drug-likeness (QED) is 0.391. The summed E-state index contributed by atoms with van der Waals surface area (Å²) in [7, 11) is 0. The van der Waals surface area contributed by atoms with Crippen LogP contribution < -0.4 is 10.3 Å². The van der Waals surface area contributed by atoms with Crippen LogP contribution in [-0.4, -0.2) is 27.1 Å². The Labute approximate surface area is 163 Å². The largest absolute Gasteiger partial charge is 0.323 e. The standard InChI is InChI=1S/C19H15FN6OS/c1-12(27)26(17-9-5-2-6-14(17)20)19-22-13(11-28-19)10-21-25-18-23-15-7-3-4-8-16(15)24-18/h2-11H,1H3,(H2,23,24,25)/b21-10-. The smallest absolute Gasteiger partial charge is 0.230 e. The lowest BCUT2D eigenvalue weighted by atomic mass is 10.3. The average molecular weight is 394 g/mol. The number of carbonyl (C=O) groups excluding carboxylic acids is 1. The minimum absolute atomic E-state index is 0.160. The zero-order chi connectivity index (χ0) is 19.5. The highest BCUT2D eigenvalue weighted by atomic mass is 32.1. The van der Waals surface area contributed by atoms with E-state index in [1.54, 1.807) is 17.5 Å². The molecule has 28 heavy (non-hydrogen) atoms. The molecule has 7 nitrogen and oxygen atoms in total. The lowest BCUT2D eigenvalue weighted by molar-refractivity contribution is -0.115. The number of para-hydroxylation sites is 3. The van der Waals surface area contributed by atoms with Crippen molar-refractivity contribution in [2.45, 2.75) is 6.92 Å². The SMILES string of the molecule is CC(=O)N(c1nc(/C=N\Nc2nc3ccccc3[nH]2)cs1)c1ccccc1F. The van der Waals surface area contributed by atoms with Crippen molar-refractivity contribution in [2.75, 3.05) is 10.3 Å². The van der Waals surface area contributed by atoms with Crippen molar-refractivity contribution >= 4 is 51.3 Å². The first kappa shape index (κ1) is 17.8. The summed E-state index contributed by atoms with van der Waals surface area (Å²) in [5.74, 6) is -0.317. The van der Waals surface area contributed by atoms with Gasteiger partial charge in [-0.05, 0) is 24.3 Å². The predicted molar refractivity (Wildman–Crippen MR) is 109 cm³/mol. The van der Waals surface area contributed by atoms with Crippen molar-refractivity contribution in [1.29, 1.82) is 0 Å². The van der Waals surface area contributed by atoms with E-state index in [9.17, 15) is 9.18 Å². The van der Waals surface area contributed by atoms with Gasteiger partial charge in [0.15, 0.2) is 5.13 Å². The predicted octanol–water partition coefficient (Wildman–Crippen LogP) is 4.29. The summed E-state index contributed by atoms with van der Waals surface area (Å²) < 4.78 is 14.1. The Bertz CT molecular complexity index is 1130. The van der Waals surface area contributed by atoms with Crippen molar-refractivity contribution in [1.82, 2.24) is 15.0 Å². The van der Waals surface area contributed by atoms with Crippen LogP contribution >= 0.6 is 11.3 Å². The molecule has 4 rings (SSSR count). The third kappa shape index (κ3) is 3.60. The Hall–Kier alpha value is -3.59. The Kier molecular flexibility index (Phi) is 4.81. The molecule has 0 fully saturated rings. The molecule has 0 atom stereocenters. The van der Waals surface area contributed by atoms with Crippen LogP contribution in [0.1, 0.15) is 12.6 Å². The van der Waals surface area contributed by atoms with Crippen LogP contribution in [-0.2, 0) is 4.79 Å². The van der Waals surface area contributed by atoms with Crippen molar-refractivity contribution in [3.05, 3.63) is 65.4 Å². The number of rotatable bonds is 5. The molecule has 140 valence electrons. The van der Waals surface area contributed by atoms with Crippen molar-refractivity contribution in [3.63, 3.8) is 0 Å². The summed E-state index contributed by atoms with van der Waals surface area (Å²) in [6, 6.07) is 13.7. The third-order valence-electron chi connectivity index (χ3n) is 3.87. The van der Waals surface area contributed by atoms with E-state index in [0.29, 0.717) is 16.8 Å². The van der Waals surface area contributed by atoms with E-state index in [-0.39, 0.29) is 11.6 Å². The van der Waals surface area contributed by atoms with Gasteiger partial charge >= 0.3 is 0 Å². The van der Waals surface area contributed by atoms with E-state index in [1.165, 1.54) is 41.5 Å². The fraction of sp³-hybridized carbons (Fsp3) is 0.0526. The lowest BCUT2D eigenvalue weighted by Gasteiger charge is -2.18. The van der Waals surface area contributed by atoms with Crippen molar-refractivity contribution < 1.29 is 9.18 Å². The normalized spacial score (nSPS) is 11.2. The molecular formula is C19H15FN6OS. The highest BCUT2D eigenvalue weighted by Crippen LogP contribution is 2.30. The summed E-state index contributed by atoms with van der Waals surface area (Å²) in [5.41, 5.74) is 5.24. The van der Waals surface area contributed by atoms with Crippen LogP contribution in [0.2, 0.25) is 0 Å². The van der Waals surface area contributed by atoms with Crippen molar-refractivity contribution in [3.8, 4) is 0 Å². The molecule has 0 aliphatic carbocycles. The second-order valence-electron chi connectivity index (χ2n) is 5.83. The summed E-state index contributed by atoms with van der Waals surface area (Å²) in [6.07, 6.45) is 1.51. The van der Waals surface area contributed by atoms with Crippen LogP contribution in [0.25, 0.3) is 11.0 Å². The fourth-order valence-electron chi connectivity index (χ4n) is 2.64. The molecular weight excluding hydrogens is 379 g/mol. The third-order valence-corrected chi connectivity index (χ3v) is 4.71. The molecule has 0 aliphatic rings. The molecule has 2 aromatic heterocycles. The number of thiazole rings is 1. The molecule has 1 amide bonds. The van der Waals surface area contributed by atoms with Gasteiger partial charge in [-0.15, -0.1) is 11.3 Å². The molecule has 0 radical (unpaired) electrons. The Morgan fingerprint density at radius 1 is 1.21 bits per heavy atom. The highest BCUT2D eigenvalue weighted by Gasteiger charge is 2.20. The number of imidazole rings is 1. The second kappa shape index (κ2) is 7.57. The number of nitrogens with one attached hydrogen (secondary N) is 2. The van der Waals surface area contributed by atoms with E-state index in [0.717, 1.165) is 11.0 Å². The monoisotopic (exact) mass is 394 g/mol. The van der Waals surface area contributed by atoms with Gasteiger partial charge < -0.3 is 4.98 Å². The Morgan fingerprint density at radius 2 is 2.00 bits per heavy atom. The molecule has 2 N–H and O–H groups in total. The minimum atomic E-state index is -0.491. The number of fused-ring (bicyclic) bond motifs is 1. The molecule has 9 heteroatoms. The molecule has 2 heterocycles. The van der Waals surface area contributed by atoms with E-state index in [2.05, 4.69) is 25.5 Å². The Balaban J connectivity index is 1.52. The van der Waals surface area contributed by atoms with E-state index in [4.69, 9.17) is 0 Å². The van der Waals surface area contributed by atoms with Crippen LogP contribution in [0.5, 0.6) is 0 Å². The van der Waals surface area contributed by atoms with Gasteiger partial charge in [0.2, 0.25) is 11.9 Å². The zero-order valence-electron chi connectivity index (χ0n) is 14.8. The van der Waals surface area contributed by atoms with Gasteiger partial charge in [0.1, 0.15) is 5.82 Å². The molecule has 0 bridgehead atoms. The number of amides is 1. The summed E-state index contributed by atoms with van der Waals surface area (Å²) in [5, 5.41) is 6.21. The van der Waals surface area contributed by atoms with E-state index >= 15 is 0 Å². The number of anilines is 3. The van der Waals surface area contributed by atoms with Gasteiger partial charge in [0.05, 0.1) is 28.6 Å². The maximum Gasteiger partial charge on any atom is 0.230 e. The zero-order valence-corrected chi connectivity index (χ0v) is 15.6. The highest BCUT2D eigenvalue weighted by molar-refractivity contribution is 7.14. The topological polar surface area (TPSA) is 86.3 Å². The number of hydrogen-bond acceptors (Lipinski definition) is 6. The fourth-order valence-corrected chi connectivity index (χ4v) is 3.47. The van der Waals surface area contributed by atoms with Crippen LogP contribution in [0, 0.1) is 5.82 Å². The van der Waals surface area contributed by atoms with Crippen LogP contribution in [0.15, 0.2) is 59.0 Å². The van der Waals surface area contributed by atoms with Gasteiger partial charge in [-0.3, -0.25) is 9.69 Å². The number of benzene rings is 2. The Morgan fingerprint density at radius 3 is 2.79 bits per heavy atom. The summed E-state index contributed by atoms with van der Waals surface area (Å²) in [4.78, 5) is 25.1. The summed E-state index contributed by atoms with van der Waals surface area (Å²) in [6.45, 7) is 1.37. The number of nitrogens with zero attached hydrogens (tertiary/aromatic N) is 4. The number of aromatic amines is 1. The molecule has 0 spiro atoms. The van der Waals surface area contributed by atoms with Gasteiger partial charge in [0.25, 0.3) is 0 Å². The number of hydrazone groups is 1. The molecule has 0 unspecified atom stereocenters.